The van der Waals surface area contributed by atoms with Crippen molar-refractivity contribution in [2.24, 2.45) is 0 Å². The summed E-state index contributed by atoms with van der Waals surface area (Å²) in [6, 6.07) is 0. The molecule has 0 bridgehead atoms. The Balaban J connectivity index is 1.96. The lowest BCUT2D eigenvalue weighted by molar-refractivity contribution is -0.114. The molecule has 3 heterocycles. The summed E-state index contributed by atoms with van der Waals surface area (Å²) >= 11 is 0. The first kappa shape index (κ1) is 13.9. The molecular formula is C12H15N5O4. The molecule has 0 saturated carbocycles. The van der Waals surface area contributed by atoms with E-state index in [9.17, 15) is 9.90 Å². The van der Waals surface area contributed by atoms with Gasteiger partial charge in [0.05, 0.1) is 19.0 Å². The highest BCUT2D eigenvalue weighted by atomic mass is 16.5. The van der Waals surface area contributed by atoms with Crippen molar-refractivity contribution in [3.05, 3.63) is 12.7 Å². The number of aliphatic hydroxyl groups excluding tert-OH is 2. The normalized spacial score (nSPS) is 25.4. The first-order valence-electron chi connectivity index (χ1n) is 6.49. The lowest BCUT2D eigenvalue weighted by atomic mass is 10.2. The van der Waals surface area contributed by atoms with Gasteiger partial charge in [-0.15, -0.1) is 0 Å². The summed E-state index contributed by atoms with van der Waals surface area (Å²) in [7, 11) is 0. The van der Waals surface area contributed by atoms with Crippen LogP contribution in [0.25, 0.3) is 11.2 Å². The Kier molecular flexibility index (Phi) is 3.53. The molecule has 3 rings (SSSR count). The molecule has 0 aromatic carbocycles. The van der Waals surface area contributed by atoms with Crippen LogP contribution in [0.5, 0.6) is 0 Å². The summed E-state index contributed by atoms with van der Waals surface area (Å²) in [4.78, 5) is 23.5. The van der Waals surface area contributed by atoms with Crippen molar-refractivity contribution in [3.63, 3.8) is 0 Å². The number of aliphatic hydroxyl groups is 2. The fraction of sp³-hybridized carbons (Fsp3) is 0.500. The molecule has 9 nitrogen and oxygen atoms in total. The van der Waals surface area contributed by atoms with Crippen LogP contribution in [0, 0.1) is 0 Å². The number of nitrogens with one attached hydrogen (secondary N) is 1. The van der Waals surface area contributed by atoms with Crippen LogP contribution in [-0.2, 0) is 9.53 Å². The van der Waals surface area contributed by atoms with E-state index in [0.29, 0.717) is 23.4 Å². The first-order chi connectivity index (χ1) is 10.1. The molecule has 1 amide bonds. The largest absolute Gasteiger partial charge is 0.394 e. The van der Waals surface area contributed by atoms with Crippen molar-refractivity contribution < 1.29 is 19.7 Å². The molecule has 0 unspecified atom stereocenters. The Bertz CT molecular complexity index is 673. The Morgan fingerprint density at radius 3 is 3.00 bits per heavy atom. The quantitative estimate of drug-likeness (QED) is 0.692. The van der Waals surface area contributed by atoms with Gasteiger partial charge in [0.2, 0.25) is 5.91 Å². The monoisotopic (exact) mass is 293 g/mol. The average molecular weight is 293 g/mol. The maximum Gasteiger partial charge on any atom is 0.222 e. The third kappa shape index (κ3) is 2.46. The minimum absolute atomic E-state index is 0.252. The molecule has 1 aliphatic heterocycles. The highest BCUT2D eigenvalue weighted by Crippen LogP contribution is 2.31. The first-order valence-corrected chi connectivity index (χ1v) is 6.49. The summed E-state index contributed by atoms with van der Waals surface area (Å²) in [5.41, 5.74) is 0.933. The third-order valence-electron chi connectivity index (χ3n) is 3.35. The van der Waals surface area contributed by atoms with E-state index < -0.39 is 18.4 Å². The van der Waals surface area contributed by atoms with Gasteiger partial charge in [0.15, 0.2) is 17.0 Å². The SMILES string of the molecule is CC(=O)Nc1ncnc2c1ncn2[C@H]1C[C@@H](O)[C@@H](CO)O1. The average Bonchev–Trinajstić information content (AvgIpc) is 3.02. The predicted molar refractivity (Wildman–Crippen MR) is 71.2 cm³/mol. The molecule has 0 aliphatic carbocycles. The van der Waals surface area contributed by atoms with E-state index in [2.05, 4.69) is 20.3 Å². The molecule has 1 saturated heterocycles. The minimum Gasteiger partial charge on any atom is -0.394 e. The molecule has 0 spiro atoms. The van der Waals surface area contributed by atoms with Crippen molar-refractivity contribution in [3.8, 4) is 0 Å². The van der Waals surface area contributed by atoms with Gasteiger partial charge in [0.1, 0.15) is 18.7 Å². The number of hydrogen-bond acceptors (Lipinski definition) is 7. The number of carbonyl (C=O) groups is 1. The molecule has 9 heteroatoms. The van der Waals surface area contributed by atoms with Gasteiger partial charge in [-0.25, -0.2) is 15.0 Å². The van der Waals surface area contributed by atoms with Crippen LogP contribution in [0.3, 0.4) is 0 Å². The van der Waals surface area contributed by atoms with Gasteiger partial charge in [-0.2, -0.15) is 0 Å². The molecule has 1 fully saturated rings. The van der Waals surface area contributed by atoms with Crippen LogP contribution in [0.1, 0.15) is 19.6 Å². The number of carbonyl (C=O) groups excluding carboxylic acids is 1. The molecule has 2 aromatic rings. The highest BCUT2D eigenvalue weighted by molar-refractivity contribution is 5.95. The van der Waals surface area contributed by atoms with Crippen molar-refractivity contribution >= 4 is 22.9 Å². The number of rotatable bonds is 3. The summed E-state index contributed by atoms with van der Waals surface area (Å²) in [6.45, 7) is 1.13. The van der Waals surface area contributed by atoms with Crippen molar-refractivity contribution in [1.29, 1.82) is 0 Å². The zero-order valence-corrected chi connectivity index (χ0v) is 11.3. The van der Waals surface area contributed by atoms with Crippen LogP contribution in [-0.4, -0.2) is 54.5 Å². The standard InChI is InChI=1S/C12H15N5O4/c1-6(19)16-11-10-12(14-4-13-11)17(5-15-10)9-2-7(20)8(3-18)21-9/h4-5,7-9,18,20H,2-3H2,1H3,(H,13,14,16,19)/t7-,8-,9-/m1/s1. The van der Waals surface area contributed by atoms with Gasteiger partial charge >= 0.3 is 0 Å². The molecule has 3 N–H and O–H groups in total. The smallest absolute Gasteiger partial charge is 0.222 e. The Morgan fingerprint density at radius 1 is 1.52 bits per heavy atom. The van der Waals surface area contributed by atoms with E-state index in [1.54, 1.807) is 4.57 Å². The van der Waals surface area contributed by atoms with Crippen molar-refractivity contribution in [2.75, 3.05) is 11.9 Å². The Labute approximate surface area is 119 Å². The Hall–Kier alpha value is -2.10. The van der Waals surface area contributed by atoms with E-state index in [0.717, 1.165) is 0 Å². The van der Waals surface area contributed by atoms with E-state index in [-0.39, 0.29) is 12.5 Å². The van der Waals surface area contributed by atoms with E-state index in [1.165, 1.54) is 19.6 Å². The van der Waals surface area contributed by atoms with E-state index >= 15 is 0 Å². The maximum absolute atomic E-state index is 11.2. The van der Waals surface area contributed by atoms with Crippen LogP contribution in [0.4, 0.5) is 5.82 Å². The van der Waals surface area contributed by atoms with Crippen LogP contribution < -0.4 is 5.32 Å². The number of amides is 1. The minimum atomic E-state index is -0.742. The number of anilines is 1. The number of hydrogen-bond donors (Lipinski definition) is 3. The molecule has 3 atom stereocenters. The van der Waals surface area contributed by atoms with Crippen LogP contribution >= 0.6 is 0 Å². The number of fused-ring (bicyclic) bond motifs is 1. The number of nitrogens with zero attached hydrogens (tertiary/aromatic N) is 4. The van der Waals surface area contributed by atoms with Crippen LogP contribution in [0.2, 0.25) is 0 Å². The second-order valence-electron chi connectivity index (χ2n) is 4.84. The number of aromatic nitrogens is 4. The van der Waals surface area contributed by atoms with Gasteiger partial charge in [0.25, 0.3) is 0 Å². The van der Waals surface area contributed by atoms with E-state index in [4.69, 9.17) is 9.84 Å². The lowest BCUT2D eigenvalue weighted by Gasteiger charge is -2.13. The molecule has 2 aromatic heterocycles. The molecule has 112 valence electrons. The fourth-order valence-electron chi connectivity index (χ4n) is 2.37. The summed E-state index contributed by atoms with van der Waals surface area (Å²) in [5.74, 6) is 0.0703. The summed E-state index contributed by atoms with van der Waals surface area (Å²) in [5, 5.41) is 21.5. The summed E-state index contributed by atoms with van der Waals surface area (Å²) in [6.07, 6.45) is 1.33. The second-order valence-corrected chi connectivity index (χ2v) is 4.84. The lowest BCUT2D eigenvalue weighted by Crippen LogP contribution is -2.24. The second kappa shape index (κ2) is 5.35. The van der Waals surface area contributed by atoms with Gasteiger partial charge in [-0.1, -0.05) is 0 Å². The van der Waals surface area contributed by atoms with Gasteiger partial charge in [0, 0.05) is 13.3 Å². The van der Waals surface area contributed by atoms with Crippen molar-refractivity contribution in [2.45, 2.75) is 31.8 Å². The molecule has 1 aliphatic rings. The topological polar surface area (TPSA) is 122 Å². The van der Waals surface area contributed by atoms with Crippen molar-refractivity contribution in [1.82, 2.24) is 19.5 Å². The highest BCUT2D eigenvalue weighted by Gasteiger charge is 2.35. The zero-order chi connectivity index (χ0) is 15.0. The van der Waals surface area contributed by atoms with Gasteiger partial charge < -0.3 is 20.3 Å². The third-order valence-corrected chi connectivity index (χ3v) is 3.35. The summed E-state index contributed by atoms with van der Waals surface area (Å²) < 4.78 is 7.23. The predicted octanol–water partition coefficient (Wildman–Crippen LogP) is -0.575. The van der Waals surface area contributed by atoms with E-state index in [1.807, 2.05) is 0 Å². The van der Waals surface area contributed by atoms with Gasteiger partial charge in [-0.3, -0.25) is 9.36 Å². The molecular weight excluding hydrogens is 278 g/mol. The zero-order valence-electron chi connectivity index (χ0n) is 11.3. The Morgan fingerprint density at radius 2 is 2.33 bits per heavy atom. The molecule has 21 heavy (non-hydrogen) atoms. The fourth-order valence-corrected chi connectivity index (χ4v) is 2.37. The van der Waals surface area contributed by atoms with Crippen LogP contribution in [0.15, 0.2) is 12.7 Å². The number of ether oxygens (including phenoxy) is 1. The van der Waals surface area contributed by atoms with Gasteiger partial charge in [-0.05, 0) is 0 Å². The molecule has 0 radical (unpaired) electrons. The maximum atomic E-state index is 11.2. The number of imidazole rings is 1.